The highest BCUT2D eigenvalue weighted by Gasteiger charge is 2.19. The van der Waals surface area contributed by atoms with Crippen molar-refractivity contribution in [2.45, 2.75) is 24.8 Å². The lowest BCUT2D eigenvalue weighted by Crippen LogP contribution is -2.23. The van der Waals surface area contributed by atoms with Gasteiger partial charge in [-0.3, -0.25) is 9.59 Å². The fraction of sp³-hybridized carbons (Fsp3) is 0.318. The summed E-state index contributed by atoms with van der Waals surface area (Å²) in [5.41, 5.74) is 1.18. The molecule has 176 valence electrons. The number of benzene rings is 2. The Balaban J connectivity index is 2.04. The van der Waals surface area contributed by atoms with Gasteiger partial charge in [0.2, 0.25) is 0 Å². The minimum atomic E-state index is -3.32. The molecule has 3 aromatic rings. The number of esters is 1. The maximum absolute atomic E-state index is 12.7. The highest BCUT2D eigenvalue weighted by atomic mass is 32.2. The first kappa shape index (κ1) is 24.5. The maximum atomic E-state index is 12.7. The van der Waals surface area contributed by atoms with Crippen LogP contribution in [0.2, 0.25) is 0 Å². The minimum Gasteiger partial charge on any atom is -0.495 e. The van der Waals surface area contributed by atoms with E-state index in [1.54, 1.807) is 35.8 Å². The lowest BCUT2D eigenvalue weighted by atomic mass is 10.1. The van der Waals surface area contributed by atoms with Crippen molar-refractivity contribution >= 4 is 43.3 Å². The van der Waals surface area contributed by atoms with Gasteiger partial charge in [0.1, 0.15) is 28.3 Å². The Hall–Kier alpha value is -3.18. The van der Waals surface area contributed by atoms with Crippen LogP contribution in [0.4, 0.5) is 0 Å². The van der Waals surface area contributed by atoms with Gasteiger partial charge in [0, 0.05) is 0 Å². The molecular weight excluding hydrogens is 468 g/mol. The molecule has 0 unspecified atom stereocenters. The van der Waals surface area contributed by atoms with Gasteiger partial charge in [-0.2, -0.15) is 4.99 Å². The van der Waals surface area contributed by atoms with E-state index in [1.165, 1.54) is 44.8 Å². The topological polar surface area (TPSA) is 113 Å². The third kappa shape index (κ3) is 5.25. The molecule has 33 heavy (non-hydrogen) atoms. The van der Waals surface area contributed by atoms with Gasteiger partial charge < -0.3 is 18.8 Å². The normalized spacial score (nSPS) is 12.1. The second-order valence-electron chi connectivity index (χ2n) is 6.92. The molecule has 0 aliphatic carbocycles. The van der Waals surface area contributed by atoms with E-state index < -0.39 is 21.7 Å². The van der Waals surface area contributed by atoms with Gasteiger partial charge >= 0.3 is 5.97 Å². The second-order valence-corrected chi connectivity index (χ2v) is 10.2. The van der Waals surface area contributed by atoms with Gasteiger partial charge in [0.15, 0.2) is 14.6 Å². The Labute approximate surface area is 195 Å². The van der Waals surface area contributed by atoms with Crippen molar-refractivity contribution in [2.75, 3.05) is 27.1 Å². The summed E-state index contributed by atoms with van der Waals surface area (Å²) in [4.78, 5) is 29.5. The zero-order valence-electron chi connectivity index (χ0n) is 18.7. The predicted octanol–water partition coefficient (Wildman–Crippen LogP) is 2.36. The average molecular weight is 493 g/mol. The van der Waals surface area contributed by atoms with Crippen molar-refractivity contribution < 1.29 is 32.2 Å². The molecule has 0 saturated heterocycles. The summed E-state index contributed by atoms with van der Waals surface area (Å²) >= 11 is 1.19. The van der Waals surface area contributed by atoms with E-state index in [2.05, 4.69) is 4.99 Å². The van der Waals surface area contributed by atoms with Gasteiger partial charge in [0.25, 0.3) is 5.91 Å². The van der Waals surface area contributed by atoms with Crippen molar-refractivity contribution in [3.8, 4) is 11.5 Å². The van der Waals surface area contributed by atoms with Crippen molar-refractivity contribution in [3.05, 3.63) is 46.8 Å². The third-order valence-electron chi connectivity index (χ3n) is 4.95. The molecule has 0 bridgehead atoms. The largest absolute Gasteiger partial charge is 0.495 e. The molecule has 0 spiro atoms. The van der Waals surface area contributed by atoms with Crippen LogP contribution in [-0.2, 0) is 37.1 Å². The van der Waals surface area contributed by atoms with Crippen molar-refractivity contribution in [1.29, 1.82) is 0 Å². The molecule has 9 nitrogen and oxygen atoms in total. The highest BCUT2D eigenvalue weighted by Crippen LogP contribution is 2.35. The van der Waals surface area contributed by atoms with Crippen LogP contribution in [0.5, 0.6) is 11.5 Å². The molecule has 0 radical (unpaired) electrons. The molecular formula is C22H24N2O7S2. The fourth-order valence-corrected chi connectivity index (χ4v) is 5.22. The smallest absolute Gasteiger partial charge is 0.325 e. The molecule has 1 amide bonds. The standard InChI is InChI=1S/C22H24N2O7S2/c1-5-33(27,28)15-8-6-14(7-9-15)12-18(25)23-22-24(13-19(26)31-4)20-16(29-2)10-11-17(30-3)21(20)32-22/h6-11H,5,12-13H2,1-4H3. The summed E-state index contributed by atoms with van der Waals surface area (Å²) in [7, 11) is 0.990. The Morgan fingerprint density at radius 2 is 1.64 bits per heavy atom. The first-order chi connectivity index (χ1) is 15.7. The zero-order chi connectivity index (χ0) is 24.2. The Morgan fingerprint density at radius 1 is 1.00 bits per heavy atom. The van der Waals surface area contributed by atoms with E-state index in [0.717, 1.165) is 0 Å². The summed E-state index contributed by atoms with van der Waals surface area (Å²) < 4.78 is 41.8. The number of hydrogen-bond acceptors (Lipinski definition) is 8. The number of sulfone groups is 1. The molecule has 3 rings (SSSR count). The van der Waals surface area contributed by atoms with E-state index in [9.17, 15) is 18.0 Å². The number of thiazole rings is 1. The zero-order valence-corrected chi connectivity index (χ0v) is 20.3. The Morgan fingerprint density at radius 3 is 2.21 bits per heavy atom. The quantitative estimate of drug-likeness (QED) is 0.444. The summed E-state index contributed by atoms with van der Waals surface area (Å²) in [6.07, 6.45) is -0.0345. The first-order valence-corrected chi connectivity index (χ1v) is 12.4. The van der Waals surface area contributed by atoms with Crippen LogP contribution in [-0.4, -0.2) is 51.9 Å². The van der Waals surface area contributed by atoms with Crippen LogP contribution in [0.15, 0.2) is 46.3 Å². The third-order valence-corrected chi connectivity index (χ3v) is 7.79. The van der Waals surface area contributed by atoms with Crippen molar-refractivity contribution in [3.63, 3.8) is 0 Å². The number of methoxy groups -OCH3 is 3. The molecule has 11 heteroatoms. The number of hydrogen-bond donors (Lipinski definition) is 0. The van der Waals surface area contributed by atoms with Gasteiger partial charge in [-0.25, -0.2) is 8.42 Å². The molecule has 0 atom stereocenters. The summed E-state index contributed by atoms with van der Waals surface area (Å²) in [6, 6.07) is 9.59. The van der Waals surface area contributed by atoms with Crippen molar-refractivity contribution in [1.82, 2.24) is 4.57 Å². The maximum Gasteiger partial charge on any atom is 0.325 e. The number of rotatable bonds is 8. The SMILES string of the molecule is CCS(=O)(=O)c1ccc(CC(=O)N=c2sc3c(OC)ccc(OC)c3n2CC(=O)OC)cc1. The summed E-state index contributed by atoms with van der Waals surface area (Å²) in [5, 5.41) is 0. The lowest BCUT2D eigenvalue weighted by Gasteiger charge is -2.09. The van der Waals surface area contributed by atoms with Crippen LogP contribution >= 0.6 is 11.3 Å². The molecule has 0 aliphatic rings. The van der Waals surface area contributed by atoms with Crippen LogP contribution in [0.25, 0.3) is 10.2 Å². The molecule has 0 saturated carbocycles. The molecule has 0 N–H and O–H groups in total. The summed E-state index contributed by atoms with van der Waals surface area (Å²) in [6.45, 7) is 1.40. The van der Waals surface area contributed by atoms with E-state index in [1.807, 2.05) is 0 Å². The predicted molar refractivity (Wildman–Crippen MR) is 123 cm³/mol. The highest BCUT2D eigenvalue weighted by molar-refractivity contribution is 7.91. The number of amides is 1. The van der Waals surface area contributed by atoms with Gasteiger partial charge in [-0.15, -0.1) is 0 Å². The molecule has 0 fully saturated rings. The fourth-order valence-electron chi connectivity index (χ4n) is 3.18. The number of carbonyl (C=O) groups excluding carboxylic acids is 2. The number of nitrogens with zero attached hydrogens (tertiary/aromatic N) is 2. The number of ether oxygens (including phenoxy) is 3. The lowest BCUT2D eigenvalue weighted by molar-refractivity contribution is -0.141. The first-order valence-electron chi connectivity index (χ1n) is 9.94. The Bertz CT molecular complexity index is 1350. The molecule has 0 aliphatic heterocycles. The van der Waals surface area contributed by atoms with E-state index in [0.29, 0.717) is 27.3 Å². The van der Waals surface area contributed by atoms with Crippen LogP contribution < -0.4 is 14.3 Å². The van der Waals surface area contributed by atoms with E-state index in [4.69, 9.17) is 14.2 Å². The summed E-state index contributed by atoms with van der Waals surface area (Å²) in [5.74, 6) is 0.0775. The van der Waals surface area contributed by atoms with Gasteiger partial charge in [-0.1, -0.05) is 30.4 Å². The van der Waals surface area contributed by atoms with Crippen molar-refractivity contribution in [2.24, 2.45) is 4.99 Å². The number of carbonyl (C=O) groups is 2. The van der Waals surface area contributed by atoms with Crippen LogP contribution in [0, 0.1) is 0 Å². The van der Waals surface area contributed by atoms with Gasteiger partial charge in [0.05, 0.1) is 38.4 Å². The minimum absolute atomic E-state index is 0.000330. The molecule has 1 aromatic heterocycles. The van der Waals surface area contributed by atoms with Crippen LogP contribution in [0.1, 0.15) is 12.5 Å². The van der Waals surface area contributed by atoms with Crippen LogP contribution in [0.3, 0.4) is 0 Å². The molecule has 2 aromatic carbocycles. The van der Waals surface area contributed by atoms with E-state index in [-0.39, 0.29) is 28.4 Å². The van der Waals surface area contributed by atoms with Gasteiger partial charge in [-0.05, 0) is 29.8 Å². The number of fused-ring (bicyclic) bond motifs is 1. The second kappa shape index (κ2) is 10.2. The van der Waals surface area contributed by atoms with E-state index >= 15 is 0 Å². The average Bonchev–Trinajstić information content (AvgIpc) is 3.16. The molecule has 1 heterocycles. The monoisotopic (exact) mass is 492 g/mol. The Kier molecular flexibility index (Phi) is 7.54. The number of aromatic nitrogens is 1.